The predicted octanol–water partition coefficient (Wildman–Crippen LogP) is 10.2. The number of anilines is 1. The molecule has 0 aliphatic rings. The van der Waals surface area contributed by atoms with E-state index < -0.39 is 11.9 Å². The van der Waals surface area contributed by atoms with Crippen LogP contribution < -0.4 is 5.32 Å². The number of benzene rings is 2. The molecule has 10 heteroatoms. The number of carboxylic acid groups (broad SMARTS) is 1. The summed E-state index contributed by atoms with van der Waals surface area (Å²) in [6.45, 7) is 3.63. The maximum absolute atomic E-state index is 15.7. The highest BCUT2D eigenvalue weighted by Gasteiger charge is 2.20. The number of thiazole rings is 1. The van der Waals surface area contributed by atoms with Gasteiger partial charge in [0.05, 0.1) is 21.8 Å². The Hall–Kier alpha value is -2.78. The first-order valence-electron chi connectivity index (χ1n) is 14.1. The smallest absolute Gasteiger partial charge is 0.331 e. The van der Waals surface area contributed by atoms with Crippen LogP contribution in [0, 0.1) is 5.82 Å². The average molecular weight is 636 g/mol. The van der Waals surface area contributed by atoms with E-state index >= 15 is 4.39 Å². The van der Waals surface area contributed by atoms with Gasteiger partial charge in [-0.2, -0.15) is 0 Å². The second-order valence-corrected chi connectivity index (χ2v) is 11.8. The Morgan fingerprint density at radius 2 is 1.74 bits per heavy atom. The molecule has 3 aromatic rings. The van der Waals surface area contributed by atoms with Gasteiger partial charge in [-0.05, 0) is 37.6 Å². The number of carbonyl (C=O) groups is 2. The average Bonchev–Trinajstić information content (AvgIpc) is 3.42. The fourth-order valence-corrected chi connectivity index (χ4v) is 5.92. The molecule has 0 aliphatic carbocycles. The molecule has 0 fully saturated rings. The third-order valence-electron chi connectivity index (χ3n) is 7.02. The number of hydrogen-bond acceptors (Lipinski definition) is 5. The molecule has 1 atom stereocenters. The molecule has 226 valence electrons. The maximum atomic E-state index is 15.7. The lowest BCUT2D eigenvalue weighted by Gasteiger charge is -2.17. The van der Waals surface area contributed by atoms with Crippen molar-refractivity contribution < 1.29 is 23.8 Å². The van der Waals surface area contributed by atoms with Crippen LogP contribution >= 0.6 is 34.5 Å². The van der Waals surface area contributed by atoms with Crippen LogP contribution in [0.25, 0.3) is 17.3 Å². The Balaban J connectivity index is 1.67. The second-order valence-electron chi connectivity index (χ2n) is 10.2. The number of unbranched alkanes of at least 4 members (excludes halogenated alkanes) is 7. The number of amides is 1. The SMILES string of the molecule is CCCCCCCCCCC(OC)c1cccc(-c2csc(NC(=O)c3cc(Cl)c(C=C(C)C(=O)O)c(Cl)c3)n2)c1F. The number of carbonyl (C=O) groups excluding carboxylic acids is 1. The summed E-state index contributed by atoms with van der Waals surface area (Å²) in [4.78, 5) is 28.5. The van der Waals surface area contributed by atoms with E-state index in [0.29, 0.717) is 22.4 Å². The summed E-state index contributed by atoms with van der Waals surface area (Å²) in [5, 5.41) is 14.0. The lowest BCUT2D eigenvalue weighted by atomic mass is 9.98. The number of aliphatic carboxylic acids is 1. The zero-order valence-electron chi connectivity index (χ0n) is 24.1. The van der Waals surface area contributed by atoms with Crippen molar-refractivity contribution >= 4 is 57.6 Å². The zero-order valence-corrected chi connectivity index (χ0v) is 26.5. The maximum Gasteiger partial charge on any atom is 0.331 e. The first-order valence-corrected chi connectivity index (χ1v) is 15.8. The second kappa shape index (κ2) is 16.8. The van der Waals surface area contributed by atoms with E-state index in [1.165, 1.54) is 63.7 Å². The summed E-state index contributed by atoms with van der Waals surface area (Å²) < 4.78 is 21.3. The number of halogens is 3. The van der Waals surface area contributed by atoms with Gasteiger partial charge in [0.2, 0.25) is 0 Å². The molecule has 1 aromatic heterocycles. The van der Waals surface area contributed by atoms with Gasteiger partial charge in [-0.1, -0.05) is 93.6 Å². The van der Waals surface area contributed by atoms with Crippen molar-refractivity contribution in [3.63, 3.8) is 0 Å². The van der Waals surface area contributed by atoms with Crippen molar-refractivity contribution in [2.24, 2.45) is 0 Å². The molecular formula is C32H37Cl2FN2O4S. The molecule has 42 heavy (non-hydrogen) atoms. The van der Waals surface area contributed by atoms with Gasteiger partial charge in [0.15, 0.2) is 5.13 Å². The van der Waals surface area contributed by atoms with Crippen LogP contribution in [0.4, 0.5) is 9.52 Å². The quantitative estimate of drug-likeness (QED) is 0.121. The lowest BCUT2D eigenvalue weighted by molar-refractivity contribution is -0.132. The Morgan fingerprint density at radius 1 is 1.10 bits per heavy atom. The lowest BCUT2D eigenvalue weighted by Crippen LogP contribution is -2.12. The van der Waals surface area contributed by atoms with E-state index in [0.717, 1.165) is 30.6 Å². The number of rotatable bonds is 16. The molecule has 0 saturated carbocycles. The summed E-state index contributed by atoms with van der Waals surface area (Å²) in [5.74, 6) is -2.00. The molecule has 2 N–H and O–H groups in total. The molecule has 0 spiro atoms. The number of nitrogens with zero attached hydrogens (tertiary/aromatic N) is 1. The van der Waals surface area contributed by atoms with E-state index in [-0.39, 0.29) is 38.2 Å². The Kier molecular flexibility index (Phi) is 13.4. The van der Waals surface area contributed by atoms with Crippen molar-refractivity contribution in [3.8, 4) is 11.3 Å². The number of carboxylic acids is 1. The van der Waals surface area contributed by atoms with Gasteiger partial charge in [0, 0.05) is 40.3 Å². The van der Waals surface area contributed by atoms with Crippen molar-refractivity contribution in [2.45, 2.75) is 77.7 Å². The molecule has 0 aliphatic heterocycles. The fraction of sp³-hybridized carbons (Fsp3) is 0.406. The first kappa shape index (κ1) is 33.7. The van der Waals surface area contributed by atoms with Crippen LogP contribution in [0.1, 0.15) is 99.2 Å². The van der Waals surface area contributed by atoms with Gasteiger partial charge in [-0.15, -0.1) is 11.3 Å². The highest BCUT2D eigenvalue weighted by Crippen LogP contribution is 2.34. The summed E-state index contributed by atoms with van der Waals surface area (Å²) in [5.41, 5.74) is 1.75. The van der Waals surface area contributed by atoms with E-state index in [1.807, 2.05) is 0 Å². The van der Waals surface area contributed by atoms with Crippen molar-refractivity contribution in [1.82, 2.24) is 4.98 Å². The summed E-state index contributed by atoms with van der Waals surface area (Å²) in [6, 6.07) is 8.00. The van der Waals surface area contributed by atoms with E-state index in [2.05, 4.69) is 17.2 Å². The predicted molar refractivity (Wildman–Crippen MR) is 170 cm³/mol. The van der Waals surface area contributed by atoms with Gasteiger partial charge < -0.3 is 9.84 Å². The van der Waals surface area contributed by atoms with Crippen LogP contribution in [0.5, 0.6) is 0 Å². The number of hydrogen-bond donors (Lipinski definition) is 2. The van der Waals surface area contributed by atoms with Crippen LogP contribution in [0.3, 0.4) is 0 Å². The molecule has 0 radical (unpaired) electrons. The minimum atomic E-state index is -1.10. The monoisotopic (exact) mass is 634 g/mol. The van der Waals surface area contributed by atoms with Crippen LogP contribution in [-0.4, -0.2) is 29.1 Å². The molecule has 0 saturated heterocycles. The molecule has 1 unspecified atom stereocenters. The minimum Gasteiger partial charge on any atom is -0.478 e. The summed E-state index contributed by atoms with van der Waals surface area (Å²) >= 11 is 13.7. The Labute approximate surface area is 260 Å². The standard InChI is InChI=1S/C32H37Cl2FN2O4S/c1-4-5-6-7-8-9-10-11-15-28(41-3)23-14-12-13-22(29(23)35)27-19-42-32(36-27)37-30(38)21-17-25(33)24(26(34)18-21)16-20(2)31(39)40/h12-14,16-19,28H,4-11,15H2,1-3H3,(H,39,40)(H,36,37,38). The van der Waals surface area contributed by atoms with E-state index in [4.69, 9.17) is 33.0 Å². The highest BCUT2D eigenvalue weighted by atomic mass is 35.5. The van der Waals surface area contributed by atoms with Gasteiger partial charge >= 0.3 is 5.97 Å². The molecular weight excluding hydrogens is 598 g/mol. The third-order valence-corrected chi connectivity index (χ3v) is 8.40. The summed E-state index contributed by atoms with van der Waals surface area (Å²) in [6.07, 6.45) is 11.3. The molecule has 1 amide bonds. The molecule has 0 bridgehead atoms. The van der Waals surface area contributed by atoms with Gasteiger partial charge in [0.1, 0.15) is 5.82 Å². The number of methoxy groups -OCH3 is 1. The van der Waals surface area contributed by atoms with Crippen molar-refractivity contribution in [2.75, 3.05) is 12.4 Å². The Morgan fingerprint density at radius 3 is 2.36 bits per heavy atom. The van der Waals surface area contributed by atoms with Crippen molar-refractivity contribution in [3.05, 3.63) is 73.8 Å². The van der Waals surface area contributed by atoms with E-state index in [9.17, 15) is 9.59 Å². The minimum absolute atomic E-state index is 0.0487. The third kappa shape index (κ3) is 9.36. The van der Waals surface area contributed by atoms with Crippen LogP contribution in [0.2, 0.25) is 10.0 Å². The van der Waals surface area contributed by atoms with Crippen LogP contribution in [0.15, 0.2) is 41.3 Å². The number of ether oxygens (including phenoxy) is 1. The molecule has 2 aromatic carbocycles. The topological polar surface area (TPSA) is 88.5 Å². The Bertz CT molecular complexity index is 1390. The normalized spacial score (nSPS) is 12.4. The fourth-order valence-electron chi connectivity index (χ4n) is 4.62. The molecule has 3 rings (SSSR count). The van der Waals surface area contributed by atoms with Crippen molar-refractivity contribution in [1.29, 1.82) is 0 Å². The van der Waals surface area contributed by atoms with E-state index in [1.54, 1.807) is 30.7 Å². The largest absolute Gasteiger partial charge is 0.478 e. The number of nitrogens with one attached hydrogen (secondary N) is 1. The van der Waals surface area contributed by atoms with Gasteiger partial charge in [-0.3, -0.25) is 10.1 Å². The van der Waals surface area contributed by atoms with Gasteiger partial charge in [-0.25, -0.2) is 14.2 Å². The highest BCUT2D eigenvalue weighted by molar-refractivity contribution is 7.14. The van der Waals surface area contributed by atoms with Crippen LogP contribution in [-0.2, 0) is 9.53 Å². The summed E-state index contributed by atoms with van der Waals surface area (Å²) in [7, 11) is 1.60. The first-order chi connectivity index (χ1) is 20.2. The molecule has 1 heterocycles. The zero-order chi connectivity index (χ0) is 30.6. The van der Waals surface area contributed by atoms with Gasteiger partial charge in [0.25, 0.3) is 5.91 Å². The number of aromatic nitrogens is 1. The molecule has 6 nitrogen and oxygen atoms in total.